The fourth-order valence-corrected chi connectivity index (χ4v) is 3.42. The van der Waals surface area contributed by atoms with E-state index in [2.05, 4.69) is 6.58 Å². The van der Waals surface area contributed by atoms with Crippen LogP contribution in [0.1, 0.15) is 12.5 Å². The molecule has 0 aliphatic carbocycles. The van der Waals surface area contributed by atoms with Gasteiger partial charge in [-0.2, -0.15) is 0 Å². The summed E-state index contributed by atoms with van der Waals surface area (Å²) in [6, 6.07) is 9.25. The summed E-state index contributed by atoms with van der Waals surface area (Å²) in [5, 5.41) is -0.266. The van der Waals surface area contributed by atoms with Gasteiger partial charge < -0.3 is 9.30 Å². The van der Waals surface area contributed by atoms with Crippen LogP contribution in [0.5, 0.6) is 5.75 Å². The van der Waals surface area contributed by atoms with Gasteiger partial charge in [0.25, 0.3) is 11.1 Å². The zero-order valence-electron chi connectivity index (χ0n) is 14.0. The van der Waals surface area contributed by atoms with E-state index >= 15 is 0 Å². The summed E-state index contributed by atoms with van der Waals surface area (Å²) >= 11 is 0.955. The Bertz CT molecular complexity index is 852. The molecule has 1 saturated heterocycles. The average Bonchev–Trinajstić information content (AvgIpc) is 3.19. The fraction of sp³-hybridized carbons (Fsp3) is 0.158. The molecule has 1 aliphatic heterocycles. The van der Waals surface area contributed by atoms with E-state index in [1.165, 1.54) is 4.90 Å². The second-order valence-electron chi connectivity index (χ2n) is 5.58. The Kier molecular flexibility index (Phi) is 4.81. The van der Waals surface area contributed by atoms with Crippen molar-refractivity contribution in [1.82, 2.24) is 9.47 Å². The Morgan fingerprint density at radius 2 is 1.92 bits per heavy atom. The molecular weight excluding hydrogens is 336 g/mol. The van der Waals surface area contributed by atoms with Crippen molar-refractivity contribution < 1.29 is 14.3 Å². The summed E-state index contributed by atoms with van der Waals surface area (Å²) in [4.78, 5) is 26.1. The van der Waals surface area contributed by atoms with Gasteiger partial charge in [0.2, 0.25) is 0 Å². The Morgan fingerprint density at radius 1 is 1.20 bits per heavy atom. The van der Waals surface area contributed by atoms with Crippen LogP contribution in [0.2, 0.25) is 0 Å². The summed E-state index contributed by atoms with van der Waals surface area (Å²) in [6.07, 6.45) is 7.14. The molecule has 1 aromatic heterocycles. The van der Waals surface area contributed by atoms with Crippen molar-refractivity contribution in [3.05, 3.63) is 65.8 Å². The number of thioether (sulfide) groups is 1. The average molecular weight is 354 g/mol. The van der Waals surface area contributed by atoms with Gasteiger partial charge in [-0.1, -0.05) is 6.08 Å². The van der Waals surface area contributed by atoms with E-state index in [0.29, 0.717) is 4.91 Å². The molecule has 0 spiro atoms. The highest BCUT2D eigenvalue weighted by molar-refractivity contribution is 8.18. The third kappa shape index (κ3) is 3.39. The highest BCUT2D eigenvalue weighted by Gasteiger charge is 2.37. The normalized spacial score (nSPS) is 17.2. The SMILES string of the molecule is C=CC(C)N1C(=O)S/C(=C/c2ccn(-c3ccc(OC)cc3)c2)C1=O. The highest BCUT2D eigenvalue weighted by Crippen LogP contribution is 2.33. The van der Waals surface area contributed by atoms with Crippen molar-refractivity contribution in [2.45, 2.75) is 13.0 Å². The standard InChI is InChI=1S/C19H18N2O3S/c1-4-13(2)21-18(22)17(25-19(21)23)11-14-9-10-20(12-14)15-5-7-16(24-3)8-6-15/h4-13H,1H2,2-3H3/b17-11+. The lowest BCUT2D eigenvalue weighted by molar-refractivity contribution is -0.123. The Morgan fingerprint density at radius 3 is 2.56 bits per heavy atom. The predicted octanol–water partition coefficient (Wildman–Crippen LogP) is 4.10. The third-order valence-corrected chi connectivity index (χ3v) is 4.84. The second-order valence-corrected chi connectivity index (χ2v) is 6.57. The number of imide groups is 1. The van der Waals surface area contributed by atoms with Gasteiger partial charge in [0, 0.05) is 18.1 Å². The van der Waals surface area contributed by atoms with Crippen molar-refractivity contribution in [1.29, 1.82) is 0 Å². The number of nitrogens with zero attached hydrogens (tertiary/aromatic N) is 2. The molecule has 2 aromatic rings. The zero-order valence-corrected chi connectivity index (χ0v) is 14.8. The van der Waals surface area contributed by atoms with Gasteiger partial charge in [0.1, 0.15) is 5.75 Å². The van der Waals surface area contributed by atoms with Gasteiger partial charge in [-0.25, -0.2) is 0 Å². The quantitative estimate of drug-likeness (QED) is 0.599. The maximum Gasteiger partial charge on any atom is 0.294 e. The molecule has 1 unspecified atom stereocenters. The van der Waals surface area contributed by atoms with Crippen LogP contribution in [0.25, 0.3) is 11.8 Å². The molecule has 0 N–H and O–H groups in total. The topological polar surface area (TPSA) is 51.5 Å². The fourth-order valence-electron chi connectivity index (χ4n) is 2.50. The van der Waals surface area contributed by atoms with Gasteiger partial charge in [0.05, 0.1) is 18.1 Å². The monoisotopic (exact) mass is 354 g/mol. The lowest BCUT2D eigenvalue weighted by atomic mass is 10.2. The first-order valence-electron chi connectivity index (χ1n) is 7.75. The minimum absolute atomic E-state index is 0.266. The molecule has 2 amide bonds. The van der Waals surface area contributed by atoms with Crippen LogP contribution in [0.3, 0.4) is 0 Å². The largest absolute Gasteiger partial charge is 0.497 e. The van der Waals surface area contributed by atoms with Crippen molar-refractivity contribution in [2.24, 2.45) is 0 Å². The number of carbonyl (C=O) groups is 2. The van der Waals surface area contributed by atoms with Crippen LogP contribution in [0.15, 0.2) is 60.3 Å². The van der Waals surface area contributed by atoms with Crippen molar-refractivity contribution >= 4 is 29.0 Å². The van der Waals surface area contributed by atoms with Crippen molar-refractivity contribution in [3.8, 4) is 11.4 Å². The molecule has 1 atom stereocenters. The number of carbonyl (C=O) groups excluding carboxylic acids is 2. The molecule has 0 saturated carbocycles. The van der Waals surface area contributed by atoms with Crippen LogP contribution in [-0.2, 0) is 4.79 Å². The molecule has 5 nitrogen and oxygen atoms in total. The molecule has 2 heterocycles. The number of amides is 2. The summed E-state index contributed by atoms with van der Waals surface area (Å²) < 4.78 is 7.10. The number of benzene rings is 1. The maximum absolute atomic E-state index is 12.4. The molecule has 25 heavy (non-hydrogen) atoms. The number of methoxy groups -OCH3 is 1. The van der Waals surface area contributed by atoms with Crippen LogP contribution in [-0.4, -0.2) is 33.8 Å². The van der Waals surface area contributed by atoms with E-state index < -0.39 is 0 Å². The van der Waals surface area contributed by atoms with E-state index in [1.54, 1.807) is 26.2 Å². The van der Waals surface area contributed by atoms with E-state index in [0.717, 1.165) is 28.8 Å². The summed E-state index contributed by atoms with van der Waals surface area (Å²) in [5.41, 5.74) is 1.83. The zero-order chi connectivity index (χ0) is 18.0. The number of rotatable bonds is 5. The smallest absolute Gasteiger partial charge is 0.294 e. The molecule has 1 aliphatic rings. The first-order valence-corrected chi connectivity index (χ1v) is 8.57. The van der Waals surface area contributed by atoms with E-state index in [1.807, 2.05) is 47.3 Å². The van der Waals surface area contributed by atoms with Crippen molar-refractivity contribution in [3.63, 3.8) is 0 Å². The highest BCUT2D eigenvalue weighted by atomic mass is 32.2. The van der Waals surface area contributed by atoms with Gasteiger partial charge in [-0.05, 0) is 60.7 Å². The maximum atomic E-state index is 12.4. The van der Waals surface area contributed by atoms with Crippen molar-refractivity contribution in [2.75, 3.05) is 7.11 Å². The van der Waals surface area contributed by atoms with E-state index in [-0.39, 0.29) is 17.2 Å². The first kappa shape index (κ1) is 17.1. The first-order chi connectivity index (χ1) is 12.0. The molecule has 0 bridgehead atoms. The molecular formula is C19H18N2O3S. The van der Waals surface area contributed by atoms with E-state index in [4.69, 9.17) is 4.74 Å². The molecule has 128 valence electrons. The lowest BCUT2D eigenvalue weighted by Crippen LogP contribution is -2.35. The van der Waals surface area contributed by atoms with Gasteiger partial charge in [-0.15, -0.1) is 6.58 Å². The minimum Gasteiger partial charge on any atom is -0.497 e. The summed E-state index contributed by atoms with van der Waals surface area (Å²) in [6.45, 7) is 5.42. The lowest BCUT2D eigenvalue weighted by Gasteiger charge is -2.17. The van der Waals surface area contributed by atoms with Crippen LogP contribution < -0.4 is 4.74 Å². The van der Waals surface area contributed by atoms with Gasteiger partial charge >= 0.3 is 0 Å². The third-order valence-electron chi connectivity index (χ3n) is 3.96. The van der Waals surface area contributed by atoms with E-state index in [9.17, 15) is 9.59 Å². The summed E-state index contributed by atoms with van der Waals surface area (Å²) in [7, 11) is 1.63. The van der Waals surface area contributed by atoms with Gasteiger partial charge in [0.15, 0.2) is 0 Å². The minimum atomic E-state index is -0.317. The predicted molar refractivity (Wildman–Crippen MR) is 99.8 cm³/mol. The second kappa shape index (κ2) is 7.03. The number of aromatic nitrogens is 1. The summed E-state index contributed by atoms with van der Waals surface area (Å²) in [5.74, 6) is 0.515. The van der Waals surface area contributed by atoms with Crippen LogP contribution in [0, 0.1) is 0 Å². The van der Waals surface area contributed by atoms with Crippen LogP contribution >= 0.6 is 11.8 Å². The molecule has 1 fully saturated rings. The van der Waals surface area contributed by atoms with Crippen LogP contribution in [0.4, 0.5) is 4.79 Å². The Hall–Kier alpha value is -2.73. The molecule has 6 heteroatoms. The molecule has 1 aromatic carbocycles. The Labute approximate surface area is 150 Å². The number of hydrogen-bond donors (Lipinski definition) is 0. The van der Waals surface area contributed by atoms with Gasteiger partial charge in [-0.3, -0.25) is 14.5 Å². The Balaban J connectivity index is 1.83. The molecule has 3 rings (SSSR count). The molecule has 0 radical (unpaired) electrons. The number of ether oxygens (including phenoxy) is 1. The number of hydrogen-bond acceptors (Lipinski definition) is 4.